The highest BCUT2D eigenvalue weighted by molar-refractivity contribution is 6.01. The minimum atomic E-state index is -0.122. The van der Waals surface area contributed by atoms with E-state index in [-0.39, 0.29) is 35.6 Å². The van der Waals surface area contributed by atoms with Crippen molar-refractivity contribution >= 4 is 11.8 Å². The molecule has 2 bridgehead atoms. The molecule has 90 valence electrons. The van der Waals surface area contributed by atoms with Crippen molar-refractivity contribution < 1.29 is 9.59 Å². The number of hydrogen-bond acceptors (Lipinski definition) is 3. The van der Waals surface area contributed by atoms with Gasteiger partial charge in [-0.2, -0.15) is 0 Å². The van der Waals surface area contributed by atoms with Crippen LogP contribution in [0, 0.1) is 17.8 Å². The van der Waals surface area contributed by atoms with Crippen LogP contribution in [0.15, 0.2) is 0 Å². The molecule has 3 atom stereocenters. The fraction of sp³-hybridized carbons (Fsp3) is 0.833. The lowest BCUT2D eigenvalue weighted by molar-refractivity contribution is -0.156. The second kappa shape index (κ2) is 4.17. The number of likely N-dealkylation sites (tertiary alicyclic amines) is 1. The molecule has 2 amide bonds. The molecule has 1 saturated carbocycles. The zero-order chi connectivity index (χ0) is 11.9. The molecule has 2 aliphatic rings. The van der Waals surface area contributed by atoms with E-state index in [1.54, 1.807) is 0 Å². The Labute approximate surface area is 96.2 Å². The van der Waals surface area contributed by atoms with Gasteiger partial charge in [0.2, 0.25) is 11.8 Å². The lowest BCUT2D eigenvalue weighted by atomic mass is 9.92. The van der Waals surface area contributed by atoms with Crippen LogP contribution in [0.5, 0.6) is 0 Å². The molecule has 1 aliphatic carbocycles. The van der Waals surface area contributed by atoms with Gasteiger partial charge >= 0.3 is 0 Å². The molecule has 4 heteroatoms. The zero-order valence-electron chi connectivity index (χ0n) is 9.98. The highest BCUT2D eigenvalue weighted by atomic mass is 16.2. The van der Waals surface area contributed by atoms with Crippen LogP contribution in [0.3, 0.4) is 0 Å². The number of rotatable bonds is 3. The summed E-state index contributed by atoms with van der Waals surface area (Å²) in [7, 11) is 0. The molecule has 0 aromatic rings. The van der Waals surface area contributed by atoms with Gasteiger partial charge in [0.25, 0.3) is 0 Å². The first kappa shape index (κ1) is 11.6. The molecular weight excluding hydrogens is 204 g/mol. The quantitative estimate of drug-likeness (QED) is 0.720. The summed E-state index contributed by atoms with van der Waals surface area (Å²) in [5, 5.41) is 0. The molecule has 2 N–H and O–H groups in total. The van der Waals surface area contributed by atoms with Gasteiger partial charge in [0.1, 0.15) is 0 Å². The molecule has 1 heterocycles. The van der Waals surface area contributed by atoms with E-state index in [2.05, 4.69) is 0 Å². The Hall–Kier alpha value is -0.900. The Morgan fingerprint density at radius 2 is 1.75 bits per heavy atom. The van der Waals surface area contributed by atoms with Crippen molar-refractivity contribution in [2.45, 2.75) is 39.2 Å². The number of carbonyl (C=O) groups is 2. The van der Waals surface area contributed by atoms with E-state index >= 15 is 0 Å². The van der Waals surface area contributed by atoms with Crippen LogP contribution in [-0.4, -0.2) is 29.3 Å². The van der Waals surface area contributed by atoms with E-state index in [1.165, 1.54) is 4.90 Å². The Morgan fingerprint density at radius 3 is 2.12 bits per heavy atom. The number of hydrogen-bond donors (Lipinski definition) is 1. The summed E-state index contributed by atoms with van der Waals surface area (Å²) in [6, 6.07) is -0.122. The molecule has 2 rings (SSSR count). The molecule has 0 radical (unpaired) electrons. The Bertz CT molecular complexity index is 292. The molecule has 1 aliphatic heterocycles. The minimum Gasteiger partial charge on any atom is -0.328 e. The van der Waals surface area contributed by atoms with Gasteiger partial charge in [-0.15, -0.1) is 0 Å². The van der Waals surface area contributed by atoms with Crippen LogP contribution in [-0.2, 0) is 9.59 Å². The number of amides is 2. The Morgan fingerprint density at radius 1 is 1.25 bits per heavy atom. The second-order valence-corrected chi connectivity index (χ2v) is 5.30. The van der Waals surface area contributed by atoms with Crippen LogP contribution in [0.25, 0.3) is 0 Å². The maximum Gasteiger partial charge on any atom is 0.232 e. The summed E-state index contributed by atoms with van der Waals surface area (Å²) in [6.45, 7) is 4.39. The van der Waals surface area contributed by atoms with Gasteiger partial charge in [-0.3, -0.25) is 14.5 Å². The molecule has 3 unspecified atom stereocenters. The van der Waals surface area contributed by atoms with Gasteiger partial charge in [-0.1, -0.05) is 13.8 Å². The fourth-order valence-electron chi connectivity index (χ4n) is 2.93. The van der Waals surface area contributed by atoms with Crippen LogP contribution < -0.4 is 5.73 Å². The third-order valence-electron chi connectivity index (χ3n) is 3.95. The van der Waals surface area contributed by atoms with Gasteiger partial charge in [0.05, 0.1) is 6.04 Å². The van der Waals surface area contributed by atoms with Crippen molar-refractivity contribution in [3.8, 4) is 0 Å². The van der Waals surface area contributed by atoms with Crippen LogP contribution in [0.1, 0.15) is 33.1 Å². The molecule has 1 saturated heterocycles. The van der Waals surface area contributed by atoms with Gasteiger partial charge < -0.3 is 5.73 Å². The number of fused-ring (bicyclic) bond motifs is 2. The van der Waals surface area contributed by atoms with E-state index in [9.17, 15) is 9.59 Å². The smallest absolute Gasteiger partial charge is 0.232 e. The summed E-state index contributed by atoms with van der Waals surface area (Å²) in [5.41, 5.74) is 5.69. The van der Waals surface area contributed by atoms with Gasteiger partial charge in [0.15, 0.2) is 0 Å². The highest BCUT2D eigenvalue weighted by Gasteiger charge is 2.47. The number of carbonyl (C=O) groups excluding carboxylic acids is 2. The van der Waals surface area contributed by atoms with Crippen molar-refractivity contribution in [1.82, 2.24) is 4.90 Å². The van der Waals surface area contributed by atoms with Crippen molar-refractivity contribution in [3.63, 3.8) is 0 Å². The van der Waals surface area contributed by atoms with Crippen LogP contribution in [0.2, 0.25) is 0 Å². The molecule has 2 fully saturated rings. The third-order valence-corrected chi connectivity index (χ3v) is 3.95. The van der Waals surface area contributed by atoms with E-state index in [0.29, 0.717) is 6.54 Å². The summed E-state index contributed by atoms with van der Waals surface area (Å²) in [5.74, 6) is 0.423. The van der Waals surface area contributed by atoms with Crippen molar-refractivity contribution in [1.29, 1.82) is 0 Å². The van der Waals surface area contributed by atoms with Crippen molar-refractivity contribution in [2.75, 3.05) is 6.54 Å². The number of imide groups is 1. The topological polar surface area (TPSA) is 63.4 Å². The van der Waals surface area contributed by atoms with E-state index in [0.717, 1.165) is 19.3 Å². The molecule has 16 heavy (non-hydrogen) atoms. The summed E-state index contributed by atoms with van der Waals surface area (Å²) in [6.07, 6.45) is 2.52. The first-order valence-corrected chi connectivity index (χ1v) is 6.13. The largest absolute Gasteiger partial charge is 0.328 e. The van der Waals surface area contributed by atoms with Crippen molar-refractivity contribution in [3.05, 3.63) is 0 Å². The first-order chi connectivity index (χ1) is 7.56. The predicted octanol–water partition coefficient (Wildman–Crippen LogP) is 0.755. The zero-order valence-corrected chi connectivity index (χ0v) is 9.98. The van der Waals surface area contributed by atoms with Gasteiger partial charge in [-0.05, 0) is 25.2 Å². The maximum absolute atomic E-state index is 12.1. The Kier molecular flexibility index (Phi) is 3.02. The van der Waals surface area contributed by atoms with E-state index in [1.807, 2.05) is 13.8 Å². The maximum atomic E-state index is 12.1. The Balaban J connectivity index is 2.25. The lowest BCUT2D eigenvalue weighted by Crippen LogP contribution is -2.55. The molecule has 0 spiro atoms. The van der Waals surface area contributed by atoms with Crippen molar-refractivity contribution in [2.24, 2.45) is 23.5 Å². The predicted molar refractivity (Wildman–Crippen MR) is 60.4 cm³/mol. The second-order valence-electron chi connectivity index (χ2n) is 5.30. The van der Waals surface area contributed by atoms with Crippen LogP contribution in [0.4, 0.5) is 0 Å². The molecule has 0 aromatic carbocycles. The summed E-state index contributed by atoms with van der Waals surface area (Å²) >= 11 is 0. The average Bonchev–Trinajstić information content (AvgIpc) is 2.67. The molecule has 4 nitrogen and oxygen atoms in total. The van der Waals surface area contributed by atoms with Gasteiger partial charge in [-0.25, -0.2) is 0 Å². The SMILES string of the molecule is CC(C)C(CN)N1C(=O)C2CCC(C2)C1=O. The lowest BCUT2D eigenvalue weighted by Gasteiger charge is -2.37. The van der Waals surface area contributed by atoms with E-state index < -0.39 is 0 Å². The van der Waals surface area contributed by atoms with Crippen LogP contribution >= 0.6 is 0 Å². The molecular formula is C12H20N2O2. The average molecular weight is 224 g/mol. The monoisotopic (exact) mass is 224 g/mol. The highest BCUT2D eigenvalue weighted by Crippen LogP contribution is 2.39. The van der Waals surface area contributed by atoms with E-state index in [4.69, 9.17) is 5.73 Å². The summed E-state index contributed by atoms with van der Waals surface area (Å²) < 4.78 is 0. The normalized spacial score (nSPS) is 31.4. The number of piperidine rings is 1. The summed E-state index contributed by atoms with van der Waals surface area (Å²) in [4.78, 5) is 25.8. The fourth-order valence-corrected chi connectivity index (χ4v) is 2.93. The first-order valence-electron chi connectivity index (χ1n) is 6.13. The molecule has 0 aromatic heterocycles. The van der Waals surface area contributed by atoms with Gasteiger partial charge in [0, 0.05) is 18.4 Å². The number of nitrogens with two attached hydrogens (primary N) is 1. The number of nitrogens with zero attached hydrogens (tertiary/aromatic N) is 1. The standard InChI is InChI=1S/C12H20N2O2/c1-7(2)10(6-13)14-11(15)8-3-4-9(5-8)12(14)16/h7-10H,3-6,13H2,1-2H3. The third kappa shape index (κ3) is 1.65. The minimum absolute atomic E-state index is 0.0166.